The van der Waals surface area contributed by atoms with Crippen LogP contribution in [0.15, 0.2) is 12.4 Å². The summed E-state index contributed by atoms with van der Waals surface area (Å²) in [6, 6.07) is 1.94. The van der Waals surface area contributed by atoms with Crippen molar-refractivity contribution in [3.8, 4) is 0 Å². The Hall–Kier alpha value is -1.36. The van der Waals surface area contributed by atoms with Gasteiger partial charge in [0.15, 0.2) is 0 Å². The quantitative estimate of drug-likeness (QED) is 0.850. The summed E-state index contributed by atoms with van der Waals surface area (Å²) in [6.07, 6.45) is 2.88. The van der Waals surface area contributed by atoms with Crippen molar-refractivity contribution in [1.29, 1.82) is 0 Å². The van der Waals surface area contributed by atoms with Gasteiger partial charge in [0.1, 0.15) is 18.0 Å². The third-order valence-corrected chi connectivity index (χ3v) is 4.14. The van der Waals surface area contributed by atoms with Crippen molar-refractivity contribution in [1.82, 2.24) is 14.9 Å². The Morgan fingerprint density at radius 1 is 1.37 bits per heavy atom. The third kappa shape index (κ3) is 3.56. The van der Waals surface area contributed by atoms with Gasteiger partial charge >= 0.3 is 0 Å². The minimum atomic E-state index is 0.273. The van der Waals surface area contributed by atoms with Gasteiger partial charge in [0.25, 0.3) is 0 Å². The number of anilines is 2. The zero-order chi connectivity index (χ0) is 13.9. The van der Waals surface area contributed by atoms with Gasteiger partial charge in [-0.3, -0.25) is 0 Å². The van der Waals surface area contributed by atoms with E-state index in [-0.39, 0.29) is 5.41 Å². The van der Waals surface area contributed by atoms with E-state index in [2.05, 4.69) is 46.4 Å². The van der Waals surface area contributed by atoms with E-state index >= 15 is 0 Å². The van der Waals surface area contributed by atoms with Crippen LogP contribution < -0.4 is 10.6 Å². The predicted octanol–water partition coefficient (Wildman–Crippen LogP) is 1.91. The summed E-state index contributed by atoms with van der Waals surface area (Å²) in [4.78, 5) is 10.8. The first-order chi connectivity index (χ1) is 9.01. The van der Waals surface area contributed by atoms with Gasteiger partial charge in [-0.25, -0.2) is 9.97 Å². The van der Waals surface area contributed by atoms with Gasteiger partial charge in [0, 0.05) is 26.2 Å². The van der Waals surface area contributed by atoms with Crippen molar-refractivity contribution >= 4 is 11.6 Å². The Morgan fingerprint density at radius 2 is 2.11 bits per heavy atom. The van der Waals surface area contributed by atoms with Crippen LogP contribution in [0.4, 0.5) is 11.6 Å². The Kier molecular flexibility index (Phi) is 4.24. The van der Waals surface area contributed by atoms with E-state index in [0.29, 0.717) is 0 Å². The van der Waals surface area contributed by atoms with Gasteiger partial charge < -0.3 is 15.5 Å². The number of hydrogen-bond acceptors (Lipinski definition) is 5. The van der Waals surface area contributed by atoms with Crippen LogP contribution in [0.5, 0.6) is 0 Å². The van der Waals surface area contributed by atoms with Crippen LogP contribution in [-0.2, 0) is 0 Å². The Balaban J connectivity index is 1.93. The standard InChI is InChI=1S/C14H25N5/c1-14(2,11-5-6-19(4)8-11)9-16-13-7-12(15-3)17-10-18-13/h7,10-11H,5-6,8-9H2,1-4H3,(H2,15,16,17,18). The number of rotatable bonds is 5. The van der Waals surface area contributed by atoms with E-state index in [4.69, 9.17) is 0 Å². The van der Waals surface area contributed by atoms with Gasteiger partial charge in [0.2, 0.25) is 0 Å². The number of aromatic nitrogens is 2. The van der Waals surface area contributed by atoms with E-state index < -0.39 is 0 Å². The SMILES string of the molecule is CNc1cc(NCC(C)(C)C2CCN(C)C2)ncn1. The molecule has 0 bridgehead atoms. The number of likely N-dealkylation sites (tertiary alicyclic amines) is 1. The van der Waals surface area contributed by atoms with Gasteiger partial charge in [0.05, 0.1) is 0 Å². The average molecular weight is 263 g/mol. The fraction of sp³-hybridized carbons (Fsp3) is 0.714. The smallest absolute Gasteiger partial charge is 0.131 e. The molecule has 0 radical (unpaired) electrons. The molecule has 1 unspecified atom stereocenters. The van der Waals surface area contributed by atoms with Crippen molar-refractivity contribution < 1.29 is 0 Å². The largest absolute Gasteiger partial charge is 0.373 e. The summed E-state index contributed by atoms with van der Waals surface area (Å²) in [6.45, 7) is 8.02. The van der Waals surface area contributed by atoms with Gasteiger partial charge in [-0.05, 0) is 31.3 Å². The lowest BCUT2D eigenvalue weighted by molar-refractivity contribution is 0.230. The first-order valence-electron chi connectivity index (χ1n) is 6.93. The molecule has 1 aromatic rings. The molecule has 1 aliphatic rings. The lowest BCUT2D eigenvalue weighted by Gasteiger charge is -2.32. The molecule has 0 aliphatic carbocycles. The van der Waals surface area contributed by atoms with Gasteiger partial charge in [-0.2, -0.15) is 0 Å². The number of nitrogens with zero attached hydrogens (tertiary/aromatic N) is 3. The van der Waals surface area contributed by atoms with E-state index in [1.807, 2.05) is 13.1 Å². The molecule has 106 valence electrons. The zero-order valence-electron chi connectivity index (χ0n) is 12.4. The molecule has 1 aromatic heterocycles. The van der Waals surface area contributed by atoms with Crippen LogP contribution in [0.2, 0.25) is 0 Å². The molecule has 1 saturated heterocycles. The Bertz CT molecular complexity index is 418. The van der Waals surface area contributed by atoms with Crippen molar-refractivity contribution in [3.63, 3.8) is 0 Å². The van der Waals surface area contributed by atoms with E-state index in [0.717, 1.165) is 24.1 Å². The van der Waals surface area contributed by atoms with Crippen LogP contribution in [0.3, 0.4) is 0 Å². The fourth-order valence-corrected chi connectivity index (χ4v) is 2.63. The molecule has 1 atom stereocenters. The molecule has 2 N–H and O–H groups in total. The summed E-state index contributed by atoms with van der Waals surface area (Å²) >= 11 is 0. The summed E-state index contributed by atoms with van der Waals surface area (Å²) in [5.41, 5.74) is 0.273. The molecule has 0 saturated carbocycles. The number of nitrogens with one attached hydrogen (secondary N) is 2. The first kappa shape index (κ1) is 14.1. The minimum absolute atomic E-state index is 0.273. The van der Waals surface area contributed by atoms with E-state index in [9.17, 15) is 0 Å². The molecule has 0 aromatic carbocycles. The second kappa shape index (κ2) is 5.74. The predicted molar refractivity (Wildman–Crippen MR) is 79.5 cm³/mol. The molecule has 2 rings (SSSR count). The maximum Gasteiger partial charge on any atom is 0.131 e. The van der Waals surface area contributed by atoms with Crippen molar-refractivity contribution in [2.45, 2.75) is 20.3 Å². The first-order valence-corrected chi connectivity index (χ1v) is 6.93. The highest BCUT2D eigenvalue weighted by Crippen LogP contribution is 2.33. The monoisotopic (exact) mass is 263 g/mol. The second-order valence-electron chi connectivity index (χ2n) is 6.13. The zero-order valence-corrected chi connectivity index (χ0v) is 12.4. The Labute approximate surface area is 115 Å². The van der Waals surface area contributed by atoms with Gasteiger partial charge in [-0.15, -0.1) is 0 Å². The van der Waals surface area contributed by atoms with Crippen LogP contribution >= 0.6 is 0 Å². The fourth-order valence-electron chi connectivity index (χ4n) is 2.63. The molecular formula is C14H25N5. The van der Waals surface area contributed by atoms with Crippen LogP contribution in [0.1, 0.15) is 20.3 Å². The van der Waals surface area contributed by atoms with Crippen LogP contribution in [0, 0.1) is 11.3 Å². The van der Waals surface area contributed by atoms with Crippen LogP contribution in [-0.4, -0.2) is 48.6 Å². The highest BCUT2D eigenvalue weighted by molar-refractivity contribution is 5.46. The van der Waals surface area contributed by atoms with E-state index in [1.165, 1.54) is 19.5 Å². The second-order valence-corrected chi connectivity index (χ2v) is 6.13. The molecule has 0 amide bonds. The molecule has 1 fully saturated rings. The molecule has 19 heavy (non-hydrogen) atoms. The lowest BCUT2D eigenvalue weighted by Crippen LogP contribution is -2.33. The normalized spacial score (nSPS) is 20.5. The van der Waals surface area contributed by atoms with Crippen LogP contribution in [0.25, 0.3) is 0 Å². The topological polar surface area (TPSA) is 53.1 Å². The number of hydrogen-bond donors (Lipinski definition) is 2. The molecule has 2 heterocycles. The maximum absolute atomic E-state index is 4.26. The molecular weight excluding hydrogens is 238 g/mol. The third-order valence-electron chi connectivity index (χ3n) is 4.14. The minimum Gasteiger partial charge on any atom is -0.373 e. The highest BCUT2D eigenvalue weighted by Gasteiger charge is 2.33. The maximum atomic E-state index is 4.26. The summed E-state index contributed by atoms with van der Waals surface area (Å²) in [5, 5.41) is 6.47. The van der Waals surface area contributed by atoms with E-state index in [1.54, 1.807) is 6.33 Å². The summed E-state index contributed by atoms with van der Waals surface area (Å²) in [5.74, 6) is 2.48. The van der Waals surface area contributed by atoms with Crippen molar-refractivity contribution in [3.05, 3.63) is 12.4 Å². The van der Waals surface area contributed by atoms with Crippen molar-refractivity contribution in [2.24, 2.45) is 11.3 Å². The molecule has 0 spiro atoms. The Morgan fingerprint density at radius 3 is 2.74 bits per heavy atom. The molecule has 5 nitrogen and oxygen atoms in total. The molecule has 1 aliphatic heterocycles. The lowest BCUT2D eigenvalue weighted by atomic mass is 9.78. The average Bonchev–Trinajstić information content (AvgIpc) is 2.84. The summed E-state index contributed by atoms with van der Waals surface area (Å²) < 4.78 is 0. The highest BCUT2D eigenvalue weighted by atomic mass is 15.1. The molecule has 5 heteroatoms. The summed E-state index contributed by atoms with van der Waals surface area (Å²) in [7, 11) is 4.07. The van der Waals surface area contributed by atoms with Crippen molar-refractivity contribution in [2.75, 3.05) is 44.4 Å². The van der Waals surface area contributed by atoms with Gasteiger partial charge in [-0.1, -0.05) is 13.8 Å².